The molecule has 0 spiro atoms. The van der Waals surface area contributed by atoms with Crippen LogP contribution in [0.25, 0.3) is 0 Å². The van der Waals surface area contributed by atoms with Gasteiger partial charge in [-0.2, -0.15) is 0 Å². The predicted molar refractivity (Wildman–Crippen MR) is 52.9 cm³/mol. The molecule has 0 heterocycles. The van der Waals surface area contributed by atoms with Gasteiger partial charge in [0.25, 0.3) is 5.91 Å². The minimum atomic E-state index is -1.26. The third-order valence-electron chi connectivity index (χ3n) is 2.50. The van der Waals surface area contributed by atoms with E-state index in [-0.39, 0.29) is 0 Å². The highest BCUT2D eigenvalue weighted by Crippen LogP contribution is 2.41. The van der Waals surface area contributed by atoms with Crippen LogP contribution >= 0.6 is 0 Å². The molecule has 15 heavy (non-hydrogen) atoms. The number of hydroxylamine groups is 1. The van der Waals surface area contributed by atoms with Crippen LogP contribution in [0, 0.1) is 5.41 Å². The minimum Gasteiger partial charge on any atom is -0.480 e. The average molecular weight is 215 g/mol. The van der Waals surface area contributed by atoms with Crippen molar-refractivity contribution in [3.8, 4) is 0 Å². The number of carboxylic acids is 1. The smallest absolute Gasteiger partial charge is 0.319 e. The molecule has 1 rings (SSSR count). The lowest BCUT2D eigenvalue weighted by Gasteiger charge is -2.36. The first-order valence-electron chi connectivity index (χ1n) is 5.00. The summed E-state index contributed by atoms with van der Waals surface area (Å²) in [5, 5.41) is 8.97. The summed E-state index contributed by atoms with van der Waals surface area (Å²) in [6, 6.07) is 0. The van der Waals surface area contributed by atoms with E-state index in [2.05, 4.69) is 5.48 Å². The number of carbonyl (C=O) groups is 2. The Balaban J connectivity index is 2.56. The molecule has 0 unspecified atom stereocenters. The van der Waals surface area contributed by atoms with E-state index >= 15 is 0 Å². The Morgan fingerprint density at radius 1 is 1.33 bits per heavy atom. The number of carboxylic acid groups (broad SMARTS) is 1. The maximum atomic E-state index is 11.6. The van der Waals surface area contributed by atoms with Crippen molar-refractivity contribution in [3.63, 3.8) is 0 Å². The van der Waals surface area contributed by atoms with Gasteiger partial charge in [0.1, 0.15) is 5.41 Å². The Labute approximate surface area is 88.8 Å². The van der Waals surface area contributed by atoms with E-state index in [0.29, 0.717) is 12.8 Å². The van der Waals surface area contributed by atoms with Gasteiger partial charge in [-0.05, 0) is 33.6 Å². The Hall–Kier alpha value is -1.10. The summed E-state index contributed by atoms with van der Waals surface area (Å²) in [6.45, 7) is 5.34. The maximum Gasteiger partial charge on any atom is 0.319 e. The minimum absolute atomic E-state index is 0.391. The second kappa shape index (κ2) is 3.81. The maximum absolute atomic E-state index is 11.6. The molecule has 0 aromatic rings. The van der Waals surface area contributed by atoms with Gasteiger partial charge in [0.2, 0.25) is 0 Å². The largest absolute Gasteiger partial charge is 0.480 e. The van der Waals surface area contributed by atoms with Gasteiger partial charge in [0, 0.05) is 0 Å². The van der Waals surface area contributed by atoms with Crippen LogP contribution in [0.5, 0.6) is 0 Å². The number of hydrogen-bond acceptors (Lipinski definition) is 3. The van der Waals surface area contributed by atoms with E-state index in [1.165, 1.54) is 0 Å². The van der Waals surface area contributed by atoms with Crippen LogP contribution in [0.4, 0.5) is 0 Å². The zero-order valence-electron chi connectivity index (χ0n) is 9.29. The molecule has 1 fully saturated rings. The third kappa shape index (κ3) is 2.47. The molecule has 1 aliphatic carbocycles. The second-order valence-corrected chi connectivity index (χ2v) is 4.89. The highest BCUT2D eigenvalue weighted by atomic mass is 16.7. The highest BCUT2D eigenvalue weighted by molar-refractivity contribution is 6.02. The molecule has 2 N–H and O–H groups in total. The van der Waals surface area contributed by atoms with Crippen molar-refractivity contribution < 1.29 is 19.5 Å². The van der Waals surface area contributed by atoms with E-state index in [1.54, 1.807) is 20.8 Å². The number of carbonyl (C=O) groups excluding carboxylic acids is 1. The van der Waals surface area contributed by atoms with Crippen LogP contribution in [0.3, 0.4) is 0 Å². The molecule has 1 aliphatic rings. The summed E-state index contributed by atoms with van der Waals surface area (Å²) in [7, 11) is 0. The van der Waals surface area contributed by atoms with E-state index in [4.69, 9.17) is 9.94 Å². The molecule has 0 bridgehead atoms. The summed E-state index contributed by atoms with van der Waals surface area (Å²) in [5.74, 6) is -1.61. The molecule has 0 aromatic carbocycles. The fourth-order valence-corrected chi connectivity index (χ4v) is 1.37. The van der Waals surface area contributed by atoms with Crippen LogP contribution in [-0.2, 0) is 14.4 Å². The molecule has 1 amide bonds. The first-order valence-corrected chi connectivity index (χ1v) is 5.00. The van der Waals surface area contributed by atoms with Gasteiger partial charge >= 0.3 is 5.97 Å². The lowest BCUT2D eigenvalue weighted by Crippen LogP contribution is -2.52. The molecule has 0 atom stereocenters. The lowest BCUT2D eigenvalue weighted by atomic mass is 9.68. The van der Waals surface area contributed by atoms with Gasteiger partial charge in [-0.25, -0.2) is 5.48 Å². The van der Waals surface area contributed by atoms with Gasteiger partial charge in [0.05, 0.1) is 5.60 Å². The monoisotopic (exact) mass is 215 g/mol. The Kier molecular flexibility index (Phi) is 3.04. The molecule has 0 saturated heterocycles. The van der Waals surface area contributed by atoms with Crippen LogP contribution in [0.2, 0.25) is 0 Å². The van der Waals surface area contributed by atoms with E-state index < -0.39 is 22.9 Å². The second-order valence-electron chi connectivity index (χ2n) is 4.89. The molecule has 5 nitrogen and oxygen atoms in total. The van der Waals surface area contributed by atoms with Crippen LogP contribution in [-0.4, -0.2) is 22.6 Å². The molecule has 0 aromatic heterocycles. The van der Waals surface area contributed by atoms with Crippen molar-refractivity contribution >= 4 is 11.9 Å². The first kappa shape index (κ1) is 12.0. The van der Waals surface area contributed by atoms with E-state index in [9.17, 15) is 9.59 Å². The number of rotatable bonds is 3. The SMILES string of the molecule is CC(C)(C)ONC(=O)C1(C(=O)O)CCC1. The van der Waals surface area contributed by atoms with Crippen molar-refractivity contribution in [2.45, 2.75) is 45.6 Å². The van der Waals surface area contributed by atoms with Gasteiger partial charge in [-0.15, -0.1) is 0 Å². The van der Waals surface area contributed by atoms with Crippen molar-refractivity contribution in [2.75, 3.05) is 0 Å². The van der Waals surface area contributed by atoms with Gasteiger partial charge in [0.15, 0.2) is 0 Å². The quantitative estimate of drug-likeness (QED) is 0.545. The van der Waals surface area contributed by atoms with Crippen LogP contribution < -0.4 is 5.48 Å². The molecule has 86 valence electrons. The van der Waals surface area contributed by atoms with Gasteiger partial charge in [-0.3, -0.25) is 14.4 Å². The fourth-order valence-electron chi connectivity index (χ4n) is 1.37. The summed E-state index contributed by atoms with van der Waals surface area (Å²) < 4.78 is 0. The number of amides is 1. The molecular weight excluding hydrogens is 198 g/mol. The Morgan fingerprint density at radius 3 is 2.13 bits per heavy atom. The van der Waals surface area contributed by atoms with Gasteiger partial charge < -0.3 is 5.11 Å². The van der Waals surface area contributed by atoms with Crippen molar-refractivity contribution in [2.24, 2.45) is 5.41 Å². The predicted octanol–water partition coefficient (Wildman–Crippen LogP) is 1.09. The fraction of sp³-hybridized carbons (Fsp3) is 0.800. The van der Waals surface area contributed by atoms with Crippen molar-refractivity contribution in [1.29, 1.82) is 0 Å². The zero-order chi connectivity index (χ0) is 11.7. The summed E-state index contributed by atoms with van der Waals surface area (Å²) in [5.41, 5.74) is 0.453. The summed E-state index contributed by atoms with van der Waals surface area (Å²) >= 11 is 0. The normalized spacial score (nSPS) is 19.1. The molecule has 5 heteroatoms. The Bertz CT molecular complexity index is 276. The molecule has 0 aliphatic heterocycles. The molecule has 1 saturated carbocycles. The van der Waals surface area contributed by atoms with E-state index in [1.807, 2.05) is 0 Å². The number of nitrogens with one attached hydrogen (secondary N) is 1. The van der Waals surface area contributed by atoms with E-state index in [0.717, 1.165) is 6.42 Å². The van der Waals surface area contributed by atoms with Crippen molar-refractivity contribution in [3.05, 3.63) is 0 Å². The lowest BCUT2D eigenvalue weighted by molar-refractivity contribution is -0.174. The first-order chi connectivity index (χ1) is 6.78. The molecular formula is C10H17NO4. The summed E-state index contributed by atoms with van der Waals surface area (Å²) in [4.78, 5) is 27.6. The standard InChI is InChI=1S/C10H17NO4/c1-9(2,3)15-11-7(12)10(8(13)14)5-4-6-10/h4-6H2,1-3H3,(H,11,12)(H,13,14). The number of hydrogen-bond donors (Lipinski definition) is 2. The Morgan fingerprint density at radius 2 is 1.87 bits per heavy atom. The van der Waals surface area contributed by atoms with Crippen LogP contribution in [0.1, 0.15) is 40.0 Å². The average Bonchev–Trinajstić information content (AvgIpc) is 1.96. The van der Waals surface area contributed by atoms with Crippen molar-refractivity contribution in [1.82, 2.24) is 5.48 Å². The topological polar surface area (TPSA) is 75.6 Å². The third-order valence-corrected chi connectivity index (χ3v) is 2.50. The zero-order valence-corrected chi connectivity index (χ0v) is 9.29. The summed E-state index contributed by atoms with van der Waals surface area (Å²) in [6.07, 6.45) is 1.55. The molecule has 0 radical (unpaired) electrons. The van der Waals surface area contributed by atoms with Crippen LogP contribution in [0.15, 0.2) is 0 Å². The van der Waals surface area contributed by atoms with Gasteiger partial charge in [-0.1, -0.05) is 6.42 Å². The highest BCUT2D eigenvalue weighted by Gasteiger charge is 2.51. The number of aliphatic carboxylic acids is 1.